The summed E-state index contributed by atoms with van der Waals surface area (Å²) >= 11 is 2.60. The number of nitrogens with two attached hydrogens (primary N) is 3. The van der Waals surface area contributed by atoms with E-state index in [9.17, 15) is 19.2 Å². The minimum absolute atomic E-state index is 0. The predicted molar refractivity (Wildman–Crippen MR) is 188 cm³/mol. The van der Waals surface area contributed by atoms with Gasteiger partial charge in [0.1, 0.15) is 5.00 Å². The highest BCUT2D eigenvalue weighted by molar-refractivity contribution is 7.15. The number of carboxylic acid groups (broad SMARTS) is 1. The van der Waals surface area contributed by atoms with E-state index in [0.29, 0.717) is 21.1 Å². The molecule has 9 nitrogen and oxygen atoms in total. The van der Waals surface area contributed by atoms with Crippen LogP contribution in [0.15, 0.2) is 108 Å². The van der Waals surface area contributed by atoms with Gasteiger partial charge in [-0.15, -0.1) is 22.7 Å². The highest BCUT2D eigenvalue weighted by Gasteiger charge is 2.13. The summed E-state index contributed by atoms with van der Waals surface area (Å²) in [6.07, 6.45) is 0.332. The van der Waals surface area contributed by atoms with Gasteiger partial charge in [0, 0.05) is 0 Å². The van der Waals surface area contributed by atoms with E-state index in [1.807, 2.05) is 84.9 Å². The first-order valence-electron chi connectivity index (χ1n) is 13.6. The third-order valence-electron chi connectivity index (χ3n) is 6.60. The van der Waals surface area contributed by atoms with Gasteiger partial charge < -0.3 is 27.6 Å². The molecule has 6 aromatic rings. The van der Waals surface area contributed by atoms with Crippen LogP contribution in [-0.4, -0.2) is 28.8 Å². The van der Waals surface area contributed by atoms with Gasteiger partial charge in [-0.3, -0.25) is 19.2 Å². The zero-order chi connectivity index (χ0) is 32.3. The van der Waals surface area contributed by atoms with E-state index in [-0.39, 0.29) is 26.2 Å². The second kappa shape index (κ2) is 16.5. The standard InChI is InChI=1S/C17H14N2O2S.C12H10O2.C5H6N2OS.CH4/c18-16(21)14-8-9-22-17(14)19-15(20)10-12-6-3-5-11-4-1-2-7-13(11)12;13-12(14)8-10-6-3-5-9-4-1-2-7-11(9)10;6-4(8)3-1-2-9-5(3)7;/h1-9H,10H2,(H2,18,21)(H,19,20);1-7H,8H2,(H,13,14);1-2H,7H2,(H2,6,8);1H4. The molecule has 236 valence electrons. The summed E-state index contributed by atoms with van der Waals surface area (Å²) in [5, 5.41) is 20.2. The quantitative estimate of drug-likeness (QED) is 0.128. The Labute approximate surface area is 274 Å². The van der Waals surface area contributed by atoms with E-state index in [1.54, 1.807) is 22.9 Å². The summed E-state index contributed by atoms with van der Waals surface area (Å²) < 4.78 is 0. The Morgan fingerprint density at radius 3 is 1.59 bits per heavy atom. The molecule has 4 aromatic carbocycles. The van der Waals surface area contributed by atoms with Gasteiger partial charge in [-0.25, -0.2) is 0 Å². The average molecular weight is 655 g/mol. The number of primary amides is 2. The molecule has 2 aromatic heterocycles. The smallest absolute Gasteiger partial charge is 0.307 e. The van der Waals surface area contributed by atoms with Crippen LogP contribution in [0.5, 0.6) is 0 Å². The Hall–Kier alpha value is -5.52. The summed E-state index contributed by atoms with van der Waals surface area (Å²) in [7, 11) is 0. The van der Waals surface area contributed by atoms with Crippen LogP contribution in [0.2, 0.25) is 0 Å². The fourth-order valence-electron chi connectivity index (χ4n) is 4.52. The lowest BCUT2D eigenvalue weighted by Crippen LogP contribution is -2.18. The van der Waals surface area contributed by atoms with Crippen molar-refractivity contribution in [1.29, 1.82) is 0 Å². The summed E-state index contributed by atoms with van der Waals surface area (Å²) in [6, 6.07) is 30.6. The highest BCUT2D eigenvalue weighted by Crippen LogP contribution is 2.24. The fraction of sp³-hybridized carbons (Fsp3) is 0.0857. The maximum atomic E-state index is 12.2. The van der Waals surface area contributed by atoms with E-state index in [4.69, 9.17) is 22.3 Å². The Morgan fingerprint density at radius 1 is 0.630 bits per heavy atom. The maximum absolute atomic E-state index is 12.2. The molecule has 8 N–H and O–H groups in total. The molecule has 6 rings (SSSR count). The third kappa shape index (κ3) is 9.24. The van der Waals surface area contributed by atoms with Crippen molar-refractivity contribution in [3.8, 4) is 0 Å². The minimum Gasteiger partial charge on any atom is -0.481 e. The number of aliphatic carboxylic acids is 1. The second-order valence-corrected chi connectivity index (χ2v) is 11.5. The second-order valence-electron chi connectivity index (χ2n) is 9.66. The zero-order valence-corrected chi connectivity index (χ0v) is 25.6. The van der Waals surface area contributed by atoms with Crippen LogP contribution >= 0.6 is 22.7 Å². The van der Waals surface area contributed by atoms with E-state index in [0.717, 1.165) is 32.7 Å². The van der Waals surface area contributed by atoms with Crippen molar-refractivity contribution in [2.75, 3.05) is 11.1 Å². The minimum atomic E-state index is -0.790. The first kappa shape index (κ1) is 35.0. The lowest BCUT2D eigenvalue weighted by Gasteiger charge is -2.07. The Balaban J connectivity index is 0.000000205. The molecular weight excluding hydrogens is 621 g/mol. The lowest BCUT2D eigenvalue weighted by atomic mass is 10.0. The Kier molecular flexibility index (Phi) is 12.6. The number of fused-ring (bicyclic) bond motifs is 2. The number of thiophene rings is 2. The zero-order valence-electron chi connectivity index (χ0n) is 23.9. The van der Waals surface area contributed by atoms with Crippen LogP contribution in [0.1, 0.15) is 39.3 Å². The van der Waals surface area contributed by atoms with Crippen LogP contribution in [0.4, 0.5) is 10.0 Å². The van der Waals surface area contributed by atoms with Gasteiger partial charge in [0.2, 0.25) is 5.91 Å². The predicted octanol–water partition coefficient (Wildman–Crippen LogP) is 6.71. The number of anilines is 2. The van der Waals surface area contributed by atoms with E-state index in [1.165, 1.54) is 22.7 Å². The monoisotopic (exact) mass is 654 g/mol. The summed E-state index contributed by atoms with van der Waals surface area (Å²) in [5.74, 6) is -1.96. The number of nitrogens with one attached hydrogen (secondary N) is 1. The first-order chi connectivity index (χ1) is 21.6. The average Bonchev–Trinajstić information content (AvgIpc) is 3.67. The van der Waals surface area contributed by atoms with Crippen molar-refractivity contribution in [3.63, 3.8) is 0 Å². The molecule has 0 atom stereocenters. The largest absolute Gasteiger partial charge is 0.481 e. The number of carbonyl (C=O) groups is 4. The first-order valence-corrected chi connectivity index (χ1v) is 15.3. The Morgan fingerprint density at radius 2 is 1.11 bits per heavy atom. The molecule has 0 spiro atoms. The molecule has 46 heavy (non-hydrogen) atoms. The summed E-state index contributed by atoms with van der Waals surface area (Å²) in [5.41, 5.74) is 18.2. The molecule has 0 fully saturated rings. The molecule has 0 aliphatic carbocycles. The molecule has 2 heterocycles. The molecule has 3 amide bonds. The van der Waals surface area contributed by atoms with Crippen molar-refractivity contribution in [1.82, 2.24) is 0 Å². The topological polar surface area (TPSA) is 179 Å². The van der Waals surface area contributed by atoms with Crippen molar-refractivity contribution in [2.24, 2.45) is 11.5 Å². The van der Waals surface area contributed by atoms with Gasteiger partial charge in [0.25, 0.3) is 11.8 Å². The van der Waals surface area contributed by atoms with E-state index in [2.05, 4.69) is 5.32 Å². The molecule has 0 bridgehead atoms. The maximum Gasteiger partial charge on any atom is 0.307 e. The number of hydrogen-bond donors (Lipinski definition) is 5. The lowest BCUT2D eigenvalue weighted by molar-refractivity contribution is -0.136. The van der Waals surface area contributed by atoms with Crippen molar-refractivity contribution in [3.05, 3.63) is 130 Å². The fourth-order valence-corrected chi connectivity index (χ4v) is 5.98. The van der Waals surface area contributed by atoms with Gasteiger partial charge in [0.05, 0.1) is 29.0 Å². The molecule has 0 saturated heterocycles. The van der Waals surface area contributed by atoms with Gasteiger partial charge in [-0.05, 0) is 55.6 Å². The number of carboxylic acids is 1. The molecule has 0 aliphatic rings. The number of carbonyl (C=O) groups excluding carboxylic acids is 3. The van der Waals surface area contributed by atoms with Gasteiger partial charge in [0.15, 0.2) is 0 Å². The summed E-state index contributed by atoms with van der Waals surface area (Å²) in [4.78, 5) is 44.6. The van der Waals surface area contributed by atoms with Crippen molar-refractivity contribution < 1.29 is 24.3 Å². The van der Waals surface area contributed by atoms with Gasteiger partial charge in [-0.1, -0.05) is 92.4 Å². The SMILES string of the molecule is C.NC(=O)c1ccsc1N.NC(=O)c1ccsc1NC(=O)Cc1cccc2ccccc12.O=C(O)Cc1cccc2ccccc12. The van der Waals surface area contributed by atoms with Crippen LogP contribution in [0.25, 0.3) is 21.5 Å². The Bertz CT molecular complexity index is 1970. The summed E-state index contributed by atoms with van der Waals surface area (Å²) in [6.45, 7) is 0. The van der Waals surface area contributed by atoms with Gasteiger partial charge in [-0.2, -0.15) is 0 Å². The van der Waals surface area contributed by atoms with E-state index >= 15 is 0 Å². The number of nitrogen functional groups attached to an aromatic ring is 1. The van der Waals surface area contributed by atoms with Crippen LogP contribution in [0, 0.1) is 0 Å². The molecule has 11 heteroatoms. The van der Waals surface area contributed by atoms with Crippen LogP contribution < -0.4 is 22.5 Å². The number of hydrogen-bond acceptors (Lipinski definition) is 7. The molecule has 0 saturated carbocycles. The van der Waals surface area contributed by atoms with Gasteiger partial charge >= 0.3 is 5.97 Å². The van der Waals surface area contributed by atoms with Crippen molar-refractivity contribution >= 4 is 77.9 Å². The third-order valence-corrected chi connectivity index (χ3v) is 8.17. The number of rotatable bonds is 7. The molecular formula is C35H34N4O5S2. The molecule has 0 radical (unpaired) electrons. The highest BCUT2D eigenvalue weighted by atomic mass is 32.1. The van der Waals surface area contributed by atoms with E-state index < -0.39 is 17.8 Å². The normalized spacial score (nSPS) is 10.0. The van der Waals surface area contributed by atoms with Crippen LogP contribution in [0.3, 0.4) is 0 Å². The van der Waals surface area contributed by atoms with Crippen LogP contribution in [-0.2, 0) is 22.4 Å². The molecule has 0 unspecified atom stereocenters. The van der Waals surface area contributed by atoms with Crippen molar-refractivity contribution in [2.45, 2.75) is 20.3 Å². The molecule has 0 aliphatic heterocycles. The number of benzene rings is 4. The number of amides is 3.